The minimum atomic E-state index is -4.43. The van der Waals surface area contributed by atoms with Crippen LogP contribution in [0.2, 0.25) is 5.02 Å². The maximum Gasteiger partial charge on any atom is 0.416 e. The van der Waals surface area contributed by atoms with Crippen LogP contribution in [0.25, 0.3) is 22.2 Å². The molecule has 42 heavy (non-hydrogen) atoms. The Morgan fingerprint density at radius 3 is 2.43 bits per heavy atom. The van der Waals surface area contributed by atoms with Gasteiger partial charge in [-0.2, -0.15) is 22.6 Å². The zero-order chi connectivity index (χ0) is 29.6. The smallest absolute Gasteiger partial charge is 0.344 e. The van der Waals surface area contributed by atoms with Gasteiger partial charge in [-0.15, -0.1) is 0 Å². The Hall–Kier alpha value is -2.86. The lowest BCUT2D eigenvalue weighted by atomic mass is 10.0. The maximum absolute atomic E-state index is 13.1. The van der Waals surface area contributed by atoms with E-state index in [4.69, 9.17) is 16.7 Å². The largest absolute Gasteiger partial charge is 0.416 e. The standard InChI is InChI=1S/C30H33ClF3N5O2S/c1-42(40,41)37-17-12-27-26(20-37)29(22-3-6-23(7-4-22)30(32,33)34)35-39(27)14-2-13-36-15-10-25(11-16-36)38-18-9-21-5-8-24(31)19-28(21)38/h3-9,18-19,25H,2,10-17,20H2,1H3. The number of aromatic nitrogens is 3. The van der Waals surface area contributed by atoms with Crippen LogP contribution in [0.4, 0.5) is 13.2 Å². The van der Waals surface area contributed by atoms with Crippen molar-refractivity contribution in [2.75, 3.05) is 32.4 Å². The lowest BCUT2D eigenvalue weighted by molar-refractivity contribution is -0.137. The van der Waals surface area contributed by atoms with Gasteiger partial charge in [-0.25, -0.2) is 8.42 Å². The third-order valence-corrected chi connectivity index (χ3v) is 10.0. The number of likely N-dealkylation sites (tertiary alicyclic amines) is 1. The first-order valence-electron chi connectivity index (χ1n) is 14.2. The van der Waals surface area contributed by atoms with Crippen molar-refractivity contribution in [3.63, 3.8) is 0 Å². The molecule has 2 aromatic heterocycles. The van der Waals surface area contributed by atoms with Gasteiger partial charge in [0.15, 0.2) is 0 Å². The van der Waals surface area contributed by atoms with Gasteiger partial charge in [0.1, 0.15) is 0 Å². The first-order valence-corrected chi connectivity index (χ1v) is 16.4. The number of nitrogens with zero attached hydrogens (tertiary/aromatic N) is 5. The molecule has 6 rings (SSSR count). The average molecular weight is 620 g/mol. The zero-order valence-corrected chi connectivity index (χ0v) is 24.9. The van der Waals surface area contributed by atoms with Crippen molar-refractivity contribution in [1.82, 2.24) is 23.6 Å². The van der Waals surface area contributed by atoms with Gasteiger partial charge in [0, 0.05) is 78.7 Å². The quantitative estimate of drug-likeness (QED) is 0.246. The first-order chi connectivity index (χ1) is 20.0. The molecule has 0 aliphatic carbocycles. The van der Waals surface area contributed by atoms with E-state index in [-0.39, 0.29) is 6.54 Å². The fourth-order valence-electron chi connectivity index (χ4n) is 6.29. The van der Waals surface area contributed by atoms with E-state index in [0.717, 1.165) is 67.3 Å². The molecule has 4 aromatic rings. The van der Waals surface area contributed by atoms with Gasteiger partial charge in [0.2, 0.25) is 10.0 Å². The Morgan fingerprint density at radius 1 is 1.00 bits per heavy atom. The number of hydrogen-bond donors (Lipinski definition) is 0. The molecule has 0 unspecified atom stereocenters. The lowest BCUT2D eigenvalue weighted by Crippen LogP contribution is -2.36. The molecule has 2 aromatic carbocycles. The van der Waals surface area contributed by atoms with E-state index in [1.807, 2.05) is 16.8 Å². The van der Waals surface area contributed by atoms with Crippen LogP contribution in [-0.4, -0.2) is 64.4 Å². The van der Waals surface area contributed by atoms with Crippen LogP contribution in [0.15, 0.2) is 54.7 Å². The minimum absolute atomic E-state index is 0.164. The Bertz CT molecular complexity index is 1690. The van der Waals surface area contributed by atoms with E-state index in [2.05, 4.69) is 27.8 Å². The van der Waals surface area contributed by atoms with Crippen molar-refractivity contribution >= 4 is 32.5 Å². The normalized spacial score (nSPS) is 17.6. The Labute approximate surface area is 248 Å². The Kier molecular flexibility index (Phi) is 7.88. The van der Waals surface area contributed by atoms with Crippen molar-refractivity contribution in [1.29, 1.82) is 0 Å². The highest BCUT2D eigenvalue weighted by Crippen LogP contribution is 2.35. The van der Waals surface area contributed by atoms with E-state index in [0.29, 0.717) is 36.8 Å². The summed E-state index contributed by atoms with van der Waals surface area (Å²) in [6.07, 6.45) is 2.37. The molecule has 0 amide bonds. The van der Waals surface area contributed by atoms with Crippen LogP contribution in [0.1, 0.15) is 42.1 Å². The molecule has 0 atom stereocenters. The molecule has 7 nitrogen and oxygen atoms in total. The summed E-state index contributed by atoms with van der Waals surface area (Å²) in [5, 5.41) is 6.75. The van der Waals surface area contributed by atoms with Crippen molar-refractivity contribution in [3.8, 4) is 11.3 Å². The third-order valence-electron chi connectivity index (χ3n) is 8.53. The number of alkyl halides is 3. The summed E-state index contributed by atoms with van der Waals surface area (Å²) >= 11 is 6.25. The lowest BCUT2D eigenvalue weighted by Gasteiger charge is -2.33. The molecule has 0 bridgehead atoms. The van der Waals surface area contributed by atoms with Crippen LogP contribution in [0.5, 0.6) is 0 Å². The van der Waals surface area contributed by atoms with Crippen molar-refractivity contribution in [2.45, 2.75) is 51.0 Å². The molecule has 0 spiro atoms. The van der Waals surface area contributed by atoms with Gasteiger partial charge in [-0.1, -0.05) is 29.8 Å². The summed E-state index contributed by atoms with van der Waals surface area (Å²) in [5.74, 6) is 0. The predicted molar refractivity (Wildman–Crippen MR) is 158 cm³/mol. The van der Waals surface area contributed by atoms with E-state index in [1.54, 1.807) is 0 Å². The second kappa shape index (κ2) is 11.3. The van der Waals surface area contributed by atoms with Crippen LogP contribution >= 0.6 is 11.6 Å². The van der Waals surface area contributed by atoms with Gasteiger partial charge in [0.05, 0.1) is 17.5 Å². The van der Waals surface area contributed by atoms with Crippen LogP contribution in [0, 0.1) is 0 Å². The van der Waals surface area contributed by atoms with Gasteiger partial charge >= 0.3 is 6.18 Å². The van der Waals surface area contributed by atoms with Crippen LogP contribution < -0.4 is 0 Å². The van der Waals surface area contributed by atoms with Gasteiger partial charge in [-0.3, -0.25) is 4.68 Å². The molecule has 224 valence electrons. The van der Waals surface area contributed by atoms with Gasteiger partial charge in [-0.05, 0) is 61.5 Å². The fraction of sp³-hybridized carbons (Fsp3) is 0.433. The summed E-state index contributed by atoms with van der Waals surface area (Å²) in [7, 11) is -3.42. The third kappa shape index (κ3) is 5.97. The average Bonchev–Trinajstić information content (AvgIpc) is 3.53. The fourth-order valence-corrected chi connectivity index (χ4v) is 7.24. The summed E-state index contributed by atoms with van der Waals surface area (Å²) < 4.78 is 69.7. The highest BCUT2D eigenvalue weighted by molar-refractivity contribution is 7.88. The van der Waals surface area contributed by atoms with Crippen molar-refractivity contribution < 1.29 is 21.6 Å². The summed E-state index contributed by atoms with van der Waals surface area (Å²) in [6, 6.07) is 13.5. The van der Waals surface area contributed by atoms with Crippen molar-refractivity contribution in [3.05, 3.63) is 76.6 Å². The molecule has 2 aliphatic heterocycles. The number of piperidine rings is 1. The van der Waals surface area contributed by atoms with Crippen molar-refractivity contribution in [2.24, 2.45) is 0 Å². The molecule has 1 fully saturated rings. The second-order valence-corrected chi connectivity index (χ2v) is 13.7. The number of aryl methyl sites for hydroxylation is 1. The Balaban J connectivity index is 1.13. The maximum atomic E-state index is 13.1. The minimum Gasteiger partial charge on any atom is -0.344 e. The highest BCUT2D eigenvalue weighted by atomic mass is 35.5. The first kappa shape index (κ1) is 29.2. The summed E-state index contributed by atoms with van der Waals surface area (Å²) in [4.78, 5) is 2.47. The molecule has 0 N–H and O–H groups in total. The number of sulfonamides is 1. The van der Waals surface area contributed by atoms with Gasteiger partial charge in [0.25, 0.3) is 0 Å². The second-order valence-electron chi connectivity index (χ2n) is 11.3. The topological polar surface area (TPSA) is 63.4 Å². The number of hydrogen-bond acceptors (Lipinski definition) is 4. The molecule has 4 heterocycles. The molecular weight excluding hydrogens is 587 g/mol. The predicted octanol–water partition coefficient (Wildman–Crippen LogP) is 6.22. The number of halogens is 4. The molecule has 2 aliphatic rings. The molecule has 0 radical (unpaired) electrons. The number of fused-ring (bicyclic) bond motifs is 2. The molecule has 12 heteroatoms. The number of benzene rings is 2. The molecular formula is C30H33ClF3N5O2S. The van der Waals surface area contributed by atoms with Crippen LogP contribution in [0.3, 0.4) is 0 Å². The van der Waals surface area contributed by atoms with E-state index >= 15 is 0 Å². The summed E-state index contributed by atoms with van der Waals surface area (Å²) in [5.41, 5.74) is 3.27. The van der Waals surface area contributed by atoms with E-state index in [9.17, 15) is 21.6 Å². The van der Waals surface area contributed by atoms with E-state index < -0.39 is 21.8 Å². The molecule has 1 saturated heterocycles. The van der Waals surface area contributed by atoms with Gasteiger partial charge < -0.3 is 9.47 Å². The Morgan fingerprint density at radius 2 is 1.74 bits per heavy atom. The monoisotopic (exact) mass is 619 g/mol. The van der Waals surface area contributed by atoms with Crippen LogP contribution in [-0.2, 0) is 35.7 Å². The SMILES string of the molecule is CS(=O)(=O)N1CCc2c(c(-c3ccc(C(F)(F)F)cc3)nn2CCCN2CCC(n3ccc4ccc(Cl)cc43)CC2)C1. The number of rotatable bonds is 7. The zero-order valence-electron chi connectivity index (χ0n) is 23.3. The molecule has 0 saturated carbocycles. The summed E-state index contributed by atoms with van der Waals surface area (Å²) in [6.45, 7) is 4.06. The van der Waals surface area contributed by atoms with E-state index in [1.165, 1.54) is 33.6 Å². The highest BCUT2D eigenvalue weighted by Gasteiger charge is 2.32.